The van der Waals surface area contributed by atoms with E-state index in [1.54, 1.807) is 0 Å². The Balaban J connectivity index is 2.39. The van der Waals surface area contributed by atoms with Crippen molar-refractivity contribution in [2.75, 3.05) is 0 Å². The number of hydrogen-bond donors (Lipinski definition) is 2. The van der Waals surface area contributed by atoms with Crippen molar-refractivity contribution >= 4 is 5.97 Å². The monoisotopic (exact) mass is 180 g/mol. The Hall–Kier alpha value is -2.18. The number of aromatic amines is 1. The van der Waals surface area contributed by atoms with E-state index in [2.05, 4.69) is 24.9 Å². The number of aromatic nitrogens is 4. The number of rotatable bonds is 2. The molecule has 2 N–H and O–H groups in total. The molecule has 0 radical (unpaired) electrons. The summed E-state index contributed by atoms with van der Waals surface area (Å²) in [5, 5.41) is 17.9. The second-order valence-electron chi connectivity index (χ2n) is 2.22. The van der Waals surface area contributed by atoms with Crippen molar-refractivity contribution in [3.8, 4) is 11.5 Å². The van der Waals surface area contributed by atoms with E-state index in [0.29, 0.717) is 5.56 Å². The number of hydrogen-bond acceptors (Lipinski definition) is 5. The molecule has 0 aromatic carbocycles. The fourth-order valence-electron chi connectivity index (χ4n) is 0.795. The van der Waals surface area contributed by atoms with Crippen LogP contribution in [0.5, 0.6) is 0 Å². The van der Waals surface area contributed by atoms with Gasteiger partial charge >= 0.3 is 5.97 Å². The van der Waals surface area contributed by atoms with Gasteiger partial charge < -0.3 is 9.63 Å². The summed E-state index contributed by atoms with van der Waals surface area (Å²) in [6.45, 7) is 0. The molecule has 0 aliphatic rings. The third-order valence-electron chi connectivity index (χ3n) is 1.36. The fourth-order valence-corrected chi connectivity index (χ4v) is 0.795. The van der Waals surface area contributed by atoms with Gasteiger partial charge in [0.25, 0.3) is 11.7 Å². The van der Waals surface area contributed by atoms with Crippen LogP contribution in [0.1, 0.15) is 10.6 Å². The van der Waals surface area contributed by atoms with Crippen LogP contribution in [0.3, 0.4) is 0 Å². The van der Waals surface area contributed by atoms with Crippen molar-refractivity contribution in [1.29, 1.82) is 0 Å². The molecule has 0 amide bonds. The van der Waals surface area contributed by atoms with Crippen molar-refractivity contribution in [1.82, 2.24) is 20.3 Å². The highest BCUT2D eigenvalue weighted by Gasteiger charge is 2.14. The smallest absolute Gasteiger partial charge is 0.377 e. The lowest BCUT2D eigenvalue weighted by Crippen LogP contribution is -1.98. The molecule has 0 bridgehead atoms. The van der Waals surface area contributed by atoms with Gasteiger partial charge in [-0.15, -0.1) is 0 Å². The van der Waals surface area contributed by atoms with E-state index < -0.39 is 5.97 Å². The summed E-state index contributed by atoms with van der Waals surface area (Å²) in [5.74, 6) is -1.46. The Kier molecular flexibility index (Phi) is 1.55. The molecular weight excluding hydrogens is 176 g/mol. The van der Waals surface area contributed by atoms with Gasteiger partial charge in [-0.05, 0) is 5.16 Å². The van der Waals surface area contributed by atoms with Crippen LogP contribution in [0.4, 0.5) is 0 Å². The minimum Gasteiger partial charge on any atom is -0.475 e. The predicted molar refractivity (Wildman–Crippen MR) is 38.8 cm³/mol. The molecule has 0 fully saturated rings. The number of nitrogens with one attached hydrogen (secondary N) is 1. The number of nitrogens with zero attached hydrogens (tertiary/aromatic N) is 3. The van der Waals surface area contributed by atoms with Crippen LogP contribution < -0.4 is 0 Å². The third-order valence-corrected chi connectivity index (χ3v) is 1.36. The zero-order chi connectivity index (χ0) is 9.26. The molecule has 66 valence electrons. The normalized spacial score (nSPS) is 10.2. The standard InChI is InChI=1S/C6H4N4O3/c11-6(12)4-9-5(13-10-4)3-1-7-8-2-3/h1-2H,(H,7,8)(H,11,12). The summed E-state index contributed by atoms with van der Waals surface area (Å²) >= 11 is 0. The van der Waals surface area contributed by atoms with E-state index in [0.717, 1.165) is 0 Å². The van der Waals surface area contributed by atoms with Gasteiger partial charge in [0.15, 0.2) is 0 Å². The number of aromatic carboxylic acids is 1. The molecule has 2 rings (SSSR count). The summed E-state index contributed by atoms with van der Waals surface area (Å²) in [5.41, 5.74) is 0.556. The molecule has 0 saturated carbocycles. The maximum Gasteiger partial charge on any atom is 0.377 e. The Morgan fingerprint density at radius 3 is 3.00 bits per heavy atom. The van der Waals surface area contributed by atoms with Crippen LogP contribution in [0.2, 0.25) is 0 Å². The van der Waals surface area contributed by atoms with Crippen molar-refractivity contribution < 1.29 is 14.4 Å². The van der Waals surface area contributed by atoms with E-state index in [4.69, 9.17) is 5.11 Å². The molecule has 0 saturated heterocycles. The zero-order valence-corrected chi connectivity index (χ0v) is 6.26. The van der Waals surface area contributed by atoms with Gasteiger partial charge in [0.2, 0.25) is 0 Å². The van der Waals surface area contributed by atoms with E-state index in [9.17, 15) is 4.79 Å². The zero-order valence-electron chi connectivity index (χ0n) is 6.26. The molecule has 2 heterocycles. The summed E-state index contributed by atoms with van der Waals surface area (Å²) in [7, 11) is 0. The lowest BCUT2D eigenvalue weighted by atomic mass is 10.4. The second kappa shape index (κ2) is 2.70. The molecule has 7 heteroatoms. The largest absolute Gasteiger partial charge is 0.475 e. The first-order valence-corrected chi connectivity index (χ1v) is 3.33. The minimum atomic E-state index is -1.22. The quantitative estimate of drug-likeness (QED) is 0.681. The van der Waals surface area contributed by atoms with Crippen LogP contribution >= 0.6 is 0 Å². The SMILES string of the molecule is O=C(O)c1noc(-c2cn[nH]c2)n1. The molecule has 0 atom stereocenters. The molecule has 13 heavy (non-hydrogen) atoms. The predicted octanol–water partition coefficient (Wildman–Crippen LogP) is 0.158. The lowest BCUT2D eigenvalue weighted by Gasteiger charge is -1.80. The third kappa shape index (κ3) is 1.26. The second-order valence-corrected chi connectivity index (χ2v) is 2.22. The lowest BCUT2D eigenvalue weighted by molar-refractivity contribution is 0.0680. The molecule has 0 aliphatic heterocycles. The summed E-state index contributed by atoms with van der Waals surface area (Å²) in [6.07, 6.45) is 2.98. The highest BCUT2D eigenvalue weighted by atomic mass is 16.5. The number of carbonyl (C=O) groups is 1. The highest BCUT2D eigenvalue weighted by molar-refractivity contribution is 5.83. The number of H-pyrrole nitrogens is 1. The van der Waals surface area contributed by atoms with Crippen LogP contribution in [-0.2, 0) is 0 Å². The number of carboxylic acid groups (broad SMARTS) is 1. The van der Waals surface area contributed by atoms with Crippen molar-refractivity contribution in [3.63, 3.8) is 0 Å². The Morgan fingerprint density at radius 1 is 1.62 bits per heavy atom. The Bertz CT molecular complexity index is 419. The van der Waals surface area contributed by atoms with Gasteiger partial charge in [0, 0.05) is 6.20 Å². The van der Waals surface area contributed by atoms with Gasteiger partial charge in [0.1, 0.15) is 0 Å². The van der Waals surface area contributed by atoms with Crippen LogP contribution in [0.25, 0.3) is 11.5 Å². The van der Waals surface area contributed by atoms with Gasteiger partial charge in [-0.2, -0.15) is 10.1 Å². The molecule has 2 aromatic heterocycles. The van der Waals surface area contributed by atoms with E-state index in [1.807, 2.05) is 0 Å². The molecule has 2 aromatic rings. The maximum atomic E-state index is 10.4. The van der Waals surface area contributed by atoms with Crippen LogP contribution in [0, 0.1) is 0 Å². The van der Waals surface area contributed by atoms with Gasteiger partial charge in [-0.3, -0.25) is 5.10 Å². The molecule has 7 nitrogen and oxygen atoms in total. The first kappa shape index (κ1) is 7.47. The topological polar surface area (TPSA) is 105 Å². The van der Waals surface area contributed by atoms with Gasteiger partial charge in [-0.25, -0.2) is 4.79 Å². The van der Waals surface area contributed by atoms with Crippen molar-refractivity contribution in [2.24, 2.45) is 0 Å². The summed E-state index contributed by atoms with van der Waals surface area (Å²) in [4.78, 5) is 14.0. The first-order chi connectivity index (χ1) is 6.27. The average molecular weight is 180 g/mol. The molecule has 0 unspecified atom stereocenters. The van der Waals surface area contributed by atoms with Crippen molar-refractivity contribution in [2.45, 2.75) is 0 Å². The van der Waals surface area contributed by atoms with E-state index in [1.165, 1.54) is 12.4 Å². The van der Waals surface area contributed by atoms with Gasteiger partial charge in [0.05, 0.1) is 11.8 Å². The van der Waals surface area contributed by atoms with E-state index in [-0.39, 0.29) is 11.7 Å². The van der Waals surface area contributed by atoms with Crippen molar-refractivity contribution in [3.05, 3.63) is 18.2 Å². The van der Waals surface area contributed by atoms with Crippen LogP contribution in [-0.4, -0.2) is 31.4 Å². The minimum absolute atomic E-state index is 0.131. The Morgan fingerprint density at radius 2 is 2.46 bits per heavy atom. The summed E-state index contributed by atoms with van der Waals surface area (Å²) < 4.78 is 4.67. The number of carboxylic acids is 1. The Labute approximate surface area is 71.4 Å². The molecule has 0 spiro atoms. The average Bonchev–Trinajstić information content (AvgIpc) is 2.75. The first-order valence-electron chi connectivity index (χ1n) is 3.33. The van der Waals surface area contributed by atoms with E-state index >= 15 is 0 Å². The van der Waals surface area contributed by atoms with Gasteiger partial charge in [-0.1, -0.05) is 0 Å². The van der Waals surface area contributed by atoms with Crippen LogP contribution in [0.15, 0.2) is 16.9 Å². The fraction of sp³-hybridized carbons (Fsp3) is 0. The maximum absolute atomic E-state index is 10.4. The highest BCUT2D eigenvalue weighted by Crippen LogP contribution is 2.13. The molecular formula is C6H4N4O3. The molecule has 0 aliphatic carbocycles. The summed E-state index contributed by atoms with van der Waals surface area (Å²) in [6, 6.07) is 0.